The number of carbonyl (C=O) groups is 2. The summed E-state index contributed by atoms with van der Waals surface area (Å²) in [7, 11) is 3.89. The first-order valence-electron chi connectivity index (χ1n) is 8.51. The molecule has 0 aromatic heterocycles. The summed E-state index contributed by atoms with van der Waals surface area (Å²) in [5.41, 5.74) is 2.01. The van der Waals surface area contributed by atoms with E-state index in [0.29, 0.717) is 35.7 Å². The number of likely N-dealkylation sites (N-methyl/N-ethyl adjacent to an activating group) is 1. The van der Waals surface area contributed by atoms with Gasteiger partial charge >= 0.3 is 0 Å². The number of nitrogens with one attached hydrogen (secondary N) is 2. The minimum Gasteiger partial charge on any atom is -0.352 e. The number of carbonyl (C=O) groups excluding carboxylic acids is 2. The first-order chi connectivity index (χ1) is 12.5. The van der Waals surface area contributed by atoms with Crippen LogP contribution in [0.1, 0.15) is 26.3 Å². The Morgan fingerprint density at radius 2 is 1.54 bits per heavy atom. The van der Waals surface area contributed by atoms with E-state index in [1.54, 1.807) is 24.3 Å². The van der Waals surface area contributed by atoms with Gasteiger partial charge in [-0.05, 0) is 56.4 Å². The molecule has 26 heavy (non-hydrogen) atoms. The zero-order valence-corrected chi connectivity index (χ0v) is 15.8. The van der Waals surface area contributed by atoms with E-state index >= 15 is 0 Å². The predicted octanol–water partition coefficient (Wildman–Crippen LogP) is 2.60. The highest BCUT2D eigenvalue weighted by Gasteiger charge is 2.10. The number of rotatable bonds is 8. The van der Waals surface area contributed by atoms with Crippen LogP contribution in [-0.2, 0) is 6.42 Å². The summed E-state index contributed by atoms with van der Waals surface area (Å²) in [5, 5.41) is 6.39. The molecule has 0 radical (unpaired) electrons. The molecule has 0 saturated carbocycles. The van der Waals surface area contributed by atoms with E-state index in [1.165, 1.54) is 0 Å². The largest absolute Gasteiger partial charge is 0.352 e. The number of nitrogens with zero attached hydrogens (tertiary/aromatic N) is 1. The number of benzene rings is 2. The highest BCUT2D eigenvalue weighted by Crippen LogP contribution is 2.11. The quantitative estimate of drug-likeness (QED) is 0.747. The van der Waals surface area contributed by atoms with Crippen LogP contribution in [0.3, 0.4) is 0 Å². The molecule has 2 aromatic rings. The molecule has 2 aromatic carbocycles. The van der Waals surface area contributed by atoms with Gasteiger partial charge in [0.15, 0.2) is 0 Å². The van der Waals surface area contributed by atoms with Crippen molar-refractivity contribution in [2.45, 2.75) is 6.42 Å². The molecule has 0 heterocycles. The average molecular weight is 374 g/mol. The number of hydrogen-bond donors (Lipinski definition) is 2. The van der Waals surface area contributed by atoms with Crippen LogP contribution in [0.5, 0.6) is 0 Å². The highest BCUT2D eigenvalue weighted by atomic mass is 35.5. The maximum Gasteiger partial charge on any atom is 0.251 e. The third-order valence-electron chi connectivity index (χ3n) is 3.82. The molecular formula is C20H24ClN3O2. The van der Waals surface area contributed by atoms with Crippen LogP contribution in [0.2, 0.25) is 5.02 Å². The van der Waals surface area contributed by atoms with Gasteiger partial charge in [0, 0.05) is 35.8 Å². The molecular weight excluding hydrogens is 350 g/mol. The Labute approximate surface area is 159 Å². The lowest BCUT2D eigenvalue weighted by molar-refractivity contribution is 0.0951. The summed E-state index contributed by atoms with van der Waals surface area (Å²) in [6.07, 6.45) is 0.691. The Morgan fingerprint density at radius 3 is 2.15 bits per heavy atom. The molecule has 0 saturated heterocycles. The fourth-order valence-electron chi connectivity index (χ4n) is 2.41. The molecule has 0 bridgehead atoms. The van der Waals surface area contributed by atoms with Crippen molar-refractivity contribution < 1.29 is 9.59 Å². The third-order valence-corrected chi connectivity index (χ3v) is 4.05. The van der Waals surface area contributed by atoms with Crippen molar-refractivity contribution in [3.63, 3.8) is 0 Å². The molecule has 0 aliphatic heterocycles. The number of halogens is 1. The third kappa shape index (κ3) is 6.50. The summed E-state index contributed by atoms with van der Waals surface area (Å²) >= 11 is 5.95. The monoisotopic (exact) mass is 373 g/mol. The number of hydrogen-bond acceptors (Lipinski definition) is 3. The van der Waals surface area contributed by atoms with Crippen LogP contribution in [0.25, 0.3) is 0 Å². The minimum atomic E-state index is -0.199. The summed E-state index contributed by atoms with van der Waals surface area (Å²) in [4.78, 5) is 26.5. The lowest BCUT2D eigenvalue weighted by atomic mass is 10.1. The van der Waals surface area contributed by atoms with Gasteiger partial charge in [0.1, 0.15) is 0 Å². The second-order valence-corrected chi connectivity index (χ2v) is 6.71. The smallest absolute Gasteiger partial charge is 0.251 e. The van der Waals surface area contributed by atoms with Crippen molar-refractivity contribution in [1.29, 1.82) is 0 Å². The number of amides is 2. The Morgan fingerprint density at radius 1 is 0.923 bits per heavy atom. The van der Waals surface area contributed by atoms with E-state index in [4.69, 9.17) is 11.6 Å². The highest BCUT2D eigenvalue weighted by molar-refractivity contribution is 6.30. The maximum atomic E-state index is 12.3. The van der Waals surface area contributed by atoms with Gasteiger partial charge in [-0.1, -0.05) is 29.8 Å². The van der Waals surface area contributed by atoms with Crippen molar-refractivity contribution >= 4 is 23.4 Å². The molecule has 0 fully saturated rings. The average Bonchev–Trinajstić information content (AvgIpc) is 2.61. The van der Waals surface area contributed by atoms with E-state index in [9.17, 15) is 9.59 Å². The first kappa shape index (κ1) is 19.9. The molecule has 0 aliphatic rings. The van der Waals surface area contributed by atoms with Crippen molar-refractivity contribution in [3.05, 3.63) is 70.2 Å². The first-order valence-corrected chi connectivity index (χ1v) is 8.89. The normalized spacial score (nSPS) is 10.6. The van der Waals surface area contributed by atoms with E-state index in [1.807, 2.05) is 43.3 Å². The summed E-state index contributed by atoms with van der Waals surface area (Å²) in [5.74, 6) is -0.379. The van der Waals surface area contributed by atoms with E-state index in [-0.39, 0.29) is 11.8 Å². The Hall–Kier alpha value is -2.37. The van der Waals surface area contributed by atoms with Gasteiger partial charge in [-0.25, -0.2) is 0 Å². The molecule has 6 heteroatoms. The van der Waals surface area contributed by atoms with Crippen LogP contribution >= 0.6 is 11.6 Å². The van der Waals surface area contributed by atoms with Crippen molar-refractivity contribution in [3.8, 4) is 0 Å². The SMILES string of the molecule is CN(C)CCNC(=O)c1cccc(C(=O)NCCc2cccc(Cl)c2)c1. The molecule has 0 unspecified atom stereocenters. The fraction of sp³-hybridized carbons (Fsp3) is 0.300. The van der Waals surface area contributed by atoms with Gasteiger partial charge in [-0.2, -0.15) is 0 Å². The van der Waals surface area contributed by atoms with Crippen LogP contribution in [0.4, 0.5) is 0 Å². The molecule has 2 rings (SSSR count). The van der Waals surface area contributed by atoms with Gasteiger partial charge in [0.25, 0.3) is 11.8 Å². The molecule has 0 spiro atoms. The van der Waals surface area contributed by atoms with Gasteiger partial charge in [-0.3, -0.25) is 9.59 Å². The van der Waals surface area contributed by atoms with E-state index in [0.717, 1.165) is 12.1 Å². The molecule has 0 atom stereocenters. The molecule has 0 aliphatic carbocycles. The van der Waals surface area contributed by atoms with Crippen LogP contribution in [0.15, 0.2) is 48.5 Å². The lowest BCUT2D eigenvalue weighted by Gasteiger charge is -2.11. The van der Waals surface area contributed by atoms with Gasteiger partial charge in [-0.15, -0.1) is 0 Å². The Bertz CT molecular complexity index is 762. The minimum absolute atomic E-state index is 0.180. The summed E-state index contributed by atoms with van der Waals surface area (Å²) in [6, 6.07) is 14.3. The molecule has 2 amide bonds. The van der Waals surface area contributed by atoms with Gasteiger partial charge in [0.2, 0.25) is 0 Å². The van der Waals surface area contributed by atoms with Crippen LogP contribution in [-0.4, -0.2) is 50.4 Å². The van der Waals surface area contributed by atoms with Gasteiger partial charge < -0.3 is 15.5 Å². The molecule has 2 N–H and O–H groups in total. The van der Waals surface area contributed by atoms with Crippen molar-refractivity contribution in [2.75, 3.05) is 33.7 Å². The van der Waals surface area contributed by atoms with Crippen molar-refractivity contribution in [1.82, 2.24) is 15.5 Å². The Kier molecular flexibility index (Phi) is 7.63. The molecule has 138 valence electrons. The summed E-state index contributed by atoms with van der Waals surface area (Å²) < 4.78 is 0. The second-order valence-electron chi connectivity index (χ2n) is 6.28. The van der Waals surface area contributed by atoms with Gasteiger partial charge in [0.05, 0.1) is 0 Å². The maximum absolute atomic E-state index is 12.3. The van der Waals surface area contributed by atoms with Crippen LogP contribution in [0, 0.1) is 0 Å². The fourth-order valence-corrected chi connectivity index (χ4v) is 2.62. The van der Waals surface area contributed by atoms with Crippen LogP contribution < -0.4 is 10.6 Å². The zero-order valence-electron chi connectivity index (χ0n) is 15.1. The standard InChI is InChI=1S/C20H24ClN3O2/c1-24(2)12-11-23-20(26)17-7-4-6-16(14-17)19(25)22-10-9-15-5-3-8-18(21)13-15/h3-8,13-14H,9-12H2,1-2H3,(H,22,25)(H,23,26). The second kappa shape index (κ2) is 9.94. The summed E-state index contributed by atoms with van der Waals surface area (Å²) in [6.45, 7) is 1.82. The lowest BCUT2D eigenvalue weighted by Crippen LogP contribution is -2.31. The predicted molar refractivity (Wildman–Crippen MR) is 105 cm³/mol. The Balaban J connectivity index is 1.87. The van der Waals surface area contributed by atoms with E-state index < -0.39 is 0 Å². The van der Waals surface area contributed by atoms with E-state index in [2.05, 4.69) is 10.6 Å². The topological polar surface area (TPSA) is 61.4 Å². The zero-order chi connectivity index (χ0) is 18.9. The van der Waals surface area contributed by atoms with Crippen molar-refractivity contribution in [2.24, 2.45) is 0 Å². The molecule has 5 nitrogen and oxygen atoms in total.